The molecule has 2 aromatic rings. The Labute approximate surface area is 177 Å². The van der Waals surface area contributed by atoms with Crippen LogP contribution in [0.5, 0.6) is 0 Å². The van der Waals surface area contributed by atoms with Crippen LogP contribution in [-0.4, -0.2) is 11.9 Å². The van der Waals surface area contributed by atoms with Gasteiger partial charge in [0.1, 0.15) is 0 Å². The number of rotatable bonds is 9. The van der Waals surface area contributed by atoms with Crippen LogP contribution in [0.3, 0.4) is 0 Å². The van der Waals surface area contributed by atoms with Crippen molar-refractivity contribution >= 4 is 11.9 Å². The van der Waals surface area contributed by atoms with Crippen LogP contribution < -0.4 is 0 Å². The molecule has 29 heavy (non-hydrogen) atoms. The lowest BCUT2D eigenvalue weighted by Gasteiger charge is -2.29. The number of benzene rings is 2. The summed E-state index contributed by atoms with van der Waals surface area (Å²) < 4.78 is 0. The maximum absolute atomic E-state index is 4.74. The first kappa shape index (κ1) is 21.5. The molecule has 0 heterocycles. The highest BCUT2D eigenvalue weighted by Gasteiger charge is 2.25. The predicted octanol–water partition coefficient (Wildman–Crippen LogP) is 7.46. The maximum atomic E-state index is 4.74. The summed E-state index contributed by atoms with van der Waals surface area (Å²) in [6.45, 7) is 4.47. The van der Waals surface area contributed by atoms with E-state index in [0.717, 1.165) is 17.9 Å². The van der Waals surface area contributed by atoms with Crippen molar-refractivity contribution in [2.45, 2.75) is 71.6 Å². The highest BCUT2D eigenvalue weighted by Crippen LogP contribution is 2.34. The van der Waals surface area contributed by atoms with Crippen molar-refractivity contribution in [2.75, 3.05) is 0 Å². The van der Waals surface area contributed by atoms with Crippen molar-refractivity contribution in [3.8, 4) is 0 Å². The predicted molar refractivity (Wildman–Crippen MR) is 126 cm³/mol. The molecular formula is C27H36N2. The summed E-state index contributed by atoms with van der Waals surface area (Å²) in [7, 11) is 0. The number of nitrogens with zero attached hydrogens (tertiary/aromatic N) is 2. The largest absolute Gasteiger partial charge is 0.158 e. The molecule has 2 aromatic carbocycles. The number of aryl methyl sites for hydroxylation is 1. The summed E-state index contributed by atoms with van der Waals surface area (Å²) in [5, 5.41) is 9.23. The third-order valence-corrected chi connectivity index (χ3v) is 6.28. The van der Waals surface area contributed by atoms with Gasteiger partial charge in [-0.3, -0.25) is 0 Å². The minimum absolute atomic E-state index is 0.527. The second-order valence-corrected chi connectivity index (χ2v) is 8.40. The van der Waals surface area contributed by atoms with Gasteiger partial charge in [0.05, 0.1) is 11.9 Å². The van der Waals surface area contributed by atoms with Crippen molar-refractivity contribution < 1.29 is 0 Å². The van der Waals surface area contributed by atoms with Crippen LogP contribution in [0.25, 0.3) is 0 Å². The highest BCUT2D eigenvalue weighted by molar-refractivity contribution is 6.02. The fourth-order valence-corrected chi connectivity index (χ4v) is 4.39. The smallest absolute Gasteiger partial charge is 0.0733 e. The monoisotopic (exact) mass is 388 g/mol. The molecule has 1 aliphatic carbocycles. The van der Waals surface area contributed by atoms with E-state index in [1.165, 1.54) is 68.2 Å². The van der Waals surface area contributed by atoms with E-state index in [-0.39, 0.29) is 0 Å². The Kier molecular flexibility index (Phi) is 8.67. The summed E-state index contributed by atoms with van der Waals surface area (Å²) in [5.74, 6) is 1.44. The van der Waals surface area contributed by atoms with Gasteiger partial charge in [-0.2, -0.15) is 10.2 Å². The number of unbranched alkanes of at least 4 members (excludes halogenated alkanes) is 2. The number of hydrogen-bond acceptors (Lipinski definition) is 2. The second kappa shape index (κ2) is 11.7. The molecule has 3 rings (SSSR count). The molecule has 0 amide bonds. The molecule has 0 spiro atoms. The van der Waals surface area contributed by atoms with E-state index in [1.54, 1.807) is 0 Å². The van der Waals surface area contributed by atoms with Gasteiger partial charge in [0, 0.05) is 5.92 Å². The van der Waals surface area contributed by atoms with Crippen LogP contribution >= 0.6 is 0 Å². The molecule has 0 aromatic heterocycles. The Hall–Kier alpha value is -2.22. The zero-order valence-corrected chi connectivity index (χ0v) is 18.2. The maximum Gasteiger partial charge on any atom is 0.0733 e. The molecule has 154 valence electrons. The molecule has 0 unspecified atom stereocenters. The lowest BCUT2D eigenvalue weighted by atomic mass is 9.76. The van der Waals surface area contributed by atoms with Crippen molar-refractivity contribution in [1.29, 1.82) is 0 Å². The Balaban J connectivity index is 1.68. The van der Waals surface area contributed by atoms with Gasteiger partial charge in [-0.15, -0.1) is 0 Å². The van der Waals surface area contributed by atoms with Crippen molar-refractivity contribution in [1.82, 2.24) is 0 Å². The van der Waals surface area contributed by atoms with Crippen LogP contribution in [-0.2, 0) is 6.42 Å². The minimum Gasteiger partial charge on any atom is -0.158 e. The van der Waals surface area contributed by atoms with Crippen molar-refractivity contribution in [3.05, 3.63) is 71.3 Å². The molecular weight excluding hydrogens is 352 g/mol. The average Bonchev–Trinajstić information content (AvgIpc) is 2.79. The minimum atomic E-state index is 0.527. The average molecular weight is 389 g/mol. The second-order valence-electron chi connectivity index (χ2n) is 8.40. The lowest BCUT2D eigenvalue weighted by Crippen LogP contribution is -2.22. The summed E-state index contributed by atoms with van der Waals surface area (Å²) >= 11 is 0. The third kappa shape index (κ3) is 6.66. The Bertz CT molecular complexity index is 766. The molecule has 0 aliphatic heterocycles. The lowest BCUT2D eigenvalue weighted by molar-refractivity contribution is 0.299. The first-order valence-corrected chi connectivity index (χ1v) is 11.6. The first-order chi connectivity index (χ1) is 14.3. The zero-order valence-electron chi connectivity index (χ0n) is 18.2. The molecule has 0 bridgehead atoms. The van der Waals surface area contributed by atoms with Gasteiger partial charge in [0.2, 0.25) is 0 Å². The molecule has 1 fully saturated rings. The zero-order chi connectivity index (χ0) is 20.3. The van der Waals surface area contributed by atoms with E-state index >= 15 is 0 Å². The van der Waals surface area contributed by atoms with Gasteiger partial charge in [-0.1, -0.05) is 94.1 Å². The summed E-state index contributed by atoms with van der Waals surface area (Å²) in [6.07, 6.45) is 13.6. The molecule has 2 nitrogen and oxygen atoms in total. The SMILES string of the molecule is CCCCCC1CCC(C(=NN=Cc2ccc(CC)cc2)c2ccccc2)CC1. The van der Waals surface area contributed by atoms with Crippen molar-refractivity contribution in [3.63, 3.8) is 0 Å². The van der Waals surface area contributed by atoms with Gasteiger partial charge in [-0.05, 0) is 54.7 Å². The molecule has 0 atom stereocenters. The standard InChI is InChI=1S/C27H36N2/c1-3-5-7-10-23-17-19-26(20-18-23)27(25-11-8-6-9-12-25)29-28-21-24-15-13-22(4-2)14-16-24/h6,8-9,11-16,21,23,26H,3-5,7,10,17-20H2,1-2H3. The van der Waals surface area contributed by atoms with Crippen LogP contribution in [0.15, 0.2) is 64.8 Å². The van der Waals surface area contributed by atoms with Gasteiger partial charge < -0.3 is 0 Å². The van der Waals surface area contributed by atoms with Crippen LogP contribution in [0.1, 0.15) is 81.9 Å². The van der Waals surface area contributed by atoms with E-state index < -0.39 is 0 Å². The van der Waals surface area contributed by atoms with Crippen molar-refractivity contribution in [2.24, 2.45) is 22.0 Å². The third-order valence-electron chi connectivity index (χ3n) is 6.28. The van der Waals surface area contributed by atoms with Gasteiger partial charge in [0.25, 0.3) is 0 Å². The Morgan fingerprint density at radius 3 is 2.28 bits per heavy atom. The van der Waals surface area contributed by atoms with Crippen LogP contribution in [0, 0.1) is 11.8 Å². The molecule has 1 aliphatic rings. The topological polar surface area (TPSA) is 24.7 Å². The molecule has 0 saturated heterocycles. The number of hydrogen-bond donors (Lipinski definition) is 0. The molecule has 2 heteroatoms. The van der Waals surface area contributed by atoms with E-state index in [4.69, 9.17) is 5.10 Å². The fraction of sp³-hybridized carbons (Fsp3) is 0.481. The quantitative estimate of drug-likeness (QED) is 0.242. The summed E-state index contributed by atoms with van der Waals surface area (Å²) in [4.78, 5) is 0. The van der Waals surface area contributed by atoms with Gasteiger partial charge in [0.15, 0.2) is 0 Å². The molecule has 0 N–H and O–H groups in total. The summed E-state index contributed by atoms with van der Waals surface area (Å²) in [5.41, 5.74) is 4.85. The first-order valence-electron chi connectivity index (χ1n) is 11.6. The molecule has 0 radical (unpaired) electrons. The normalized spacial score (nSPS) is 20.3. The Morgan fingerprint density at radius 1 is 0.897 bits per heavy atom. The van der Waals surface area contributed by atoms with Crippen LogP contribution in [0.4, 0.5) is 0 Å². The highest BCUT2D eigenvalue weighted by atomic mass is 15.2. The van der Waals surface area contributed by atoms with Crippen LogP contribution in [0.2, 0.25) is 0 Å². The Morgan fingerprint density at radius 2 is 1.62 bits per heavy atom. The van der Waals surface area contributed by atoms with E-state index in [1.807, 2.05) is 6.21 Å². The summed E-state index contributed by atoms with van der Waals surface area (Å²) in [6, 6.07) is 19.2. The van der Waals surface area contributed by atoms with E-state index in [9.17, 15) is 0 Å². The van der Waals surface area contributed by atoms with Gasteiger partial charge in [-0.25, -0.2) is 0 Å². The van der Waals surface area contributed by atoms with E-state index in [0.29, 0.717) is 5.92 Å². The fourth-order valence-electron chi connectivity index (χ4n) is 4.39. The molecule has 1 saturated carbocycles. The van der Waals surface area contributed by atoms with Gasteiger partial charge >= 0.3 is 0 Å². The van der Waals surface area contributed by atoms with E-state index in [2.05, 4.69) is 73.5 Å².